The highest BCUT2D eigenvalue weighted by Gasteiger charge is 2.34. The number of carbonyl (C=O) groups excluding carboxylic acids is 1. The van der Waals surface area contributed by atoms with Crippen LogP contribution in [0.4, 0.5) is 13.2 Å². The first kappa shape index (κ1) is 21.5. The molecule has 1 aromatic carbocycles. The van der Waals surface area contributed by atoms with Gasteiger partial charge in [-0.25, -0.2) is 0 Å². The largest absolute Gasteiger partial charge is 0.480 e. The third kappa shape index (κ3) is 6.72. The van der Waals surface area contributed by atoms with Crippen molar-refractivity contribution in [3.05, 3.63) is 29.8 Å². The zero-order valence-corrected chi connectivity index (χ0v) is 14.8. The Morgan fingerprint density at radius 2 is 1.96 bits per heavy atom. The summed E-state index contributed by atoms with van der Waals surface area (Å²) in [5, 5.41) is 5.94. The molecule has 0 saturated carbocycles. The van der Waals surface area contributed by atoms with Gasteiger partial charge in [-0.15, -0.1) is 12.4 Å². The van der Waals surface area contributed by atoms with Crippen molar-refractivity contribution >= 4 is 18.3 Å². The van der Waals surface area contributed by atoms with Crippen LogP contribution in [0.1, 0.15) is 12.5 Å². The number of para-hydroxylation sites is 1. The van der Waals surface area contributed by atoms with Crippen LogP contribution in [0.3, 0.4) is 0 Å². The minimum Gasteiger partial charge on any atom is -0.480 e. The smallest absolute Gasteiger partial charge is 0.419 e. The molecule has 0 bridgehead atoms. The number of benzene rings is 1. The molecule has 0 aromatic heterocycles. The number of amides is 1. The van der Waals surface area contributed by atoms with E-state index in [0.717, 1.165) is 32.2 Å². The van der Waals surface area contributed by atoms with E-state index in [2.05, 4.69) is 15.5 Å². The number of ether oxygens (including phenoxy) is 1. The topological polar surface area (TPSA) is 53.6 Å². The molecule has 9 heteroatoms. The number of hydrogen-bond acceptors (Lipinski definition) is 4. The Bertz CT molecular complexity index is 552. The zero-order valence-electron chi connectivity index (χ0n) is 13.9. The Balaban J connectivity index is 0.00000312. The standard InChI is InChI=1S/C16H22F3N3O2.ClH/c1-12(15(23)21-8-11-22-9-6-20-7-10-22)24-14-5-3-2-4-13(14)16(17,18)19;/h2-5,12,20H,6-11H2,1H3,(H,21,23);1H. The Morgan fingerprint density at radius 1 is 1.32 bits per heavy atom. The maximum atomic E-state index is 12.9. The molecule has 5 nitrogen and oxygen atoms in total. The molecule has 142 valence electrons. The lowest BCUT2D eigenvalue weighted by molar-refractivity contribution is -0.140. The molecular formula is C16H23ClF3N3O2. The average molecular weight is 382 g/mol. The Morgan fingerprint density at radius 3 is 2.60 bits per heavy atom. The highest BCUT2D eigenvalue weighted by Crippen LogP contribution is 2.36. The fourth-order valence-corrected chi connectivity index (χ4v) is 2.46. The van der Waals surface area contributed by atoms with Crippen molar-refractivity contribution < 1.29 is 22.7 Å². The molecule has 25 heavy (non-hydrogen) atoms. The molecule has 1 aromatic rings. The van der Waals surface area contributed by atoms with Gasteiger partial charge in [-0.1, -0.05) is 12.1 Å². The molecule has 1 unspecified atom stereocenters. The molecule has 1 aliphatic rings. The first-order valence-electron chi connectivity index (χ1n) is 7.91. The number of piperazine rings is 1. The third-order valence-corrected chi connectivity index (χ3v) is 3.80. The average Bonchev–Trinajstić information content (AvgIpc) is 2.55. The first-order chi connectivity index (χ1) is 11.4. The number of hydrogen-bond donors (Lipinski definition) is 2. The van der Waals surface area contributed by atoms with Crippen LogP contribution in [-0.4, -0.2) is 56.2 Å². The second kappa shape index (κ2) is 9.84. The molecule has 0 aliphatic carbocycles. The van der Waals surface area contributed by atoms with Crippen LogP contribution in [0.25, 0.3) is 0 Å². The third-order valence-electron chi connectivity index (χ3n) is 3.80. The monoisotopic (exact) mass is 381 g/mol. The van der Waals surface area contributed by atoms with Crippen LogP contribution in [0.15, 0.2) is 24.3 Å². The van der Waals surface area contributed by atoms with Crippen molar-refractivity contribution in [2.24, 2.45) is 0 Å². The van der Waals surface area contributed by atoms with E-state index in [1.165, 1.54) is 25.1 Å². The summed E-state index contributed by atoms with van der Waals surface area (Å²) in [5.41, 5.74) is -0.884. The summed E-state index contributed by atoms with van der Waals surface area (Å²) in [4.78, 5) is 14.2. The van der Waals surface area contributed by atoms with Gasteiger partial charge in [0.2, 0.25) is 0 Å². The van der Waals surface area contributed by atoms with Gasteiger partial charge in [0.25, 0.3) is 5.91 Å². The van der Waals surface area contributed by atoms with Crippen LogP contribution >= 0.6 is 12.4 Å². The van der Waals surface area contributed by atoms with Gasteiger partial charge in [0.05, 0.1) is 5.56 Å². The molecule has 1 fully saturated rings. The molecule has 2 rings (SSSR count). The second-order valence-electron chi connectivity index (χ2n) is 5.64. The van der Waals surface area contributed by atoms with Crippen LogP contribution in [-0.2, 0) is 11.0 Å². The summed E-state index contributed by atoms with van der Waals surface area (Å²) in [6, 6.07) is 4.88. The van der Waals surface area contributed by atoms with E-state index in [0.29, 0.717) is 13.1 Å². The lowest BCUT2D eigenvalue weighted by atomic mass is 10.2. The van der Waals surface area contributed by atoms with Gasteiger partial charge < -0.3 is 15.4 Å². The minimum atomic E-state index is -4.52. The molecule has 1 saturated heterocycles. The zero-order chi connectivity index (χ0) is 17.6. The fraction of sp³-hybridized carbons (Fsp3) is 0.562. The summed E-state index contributed by atoms with van der Waals surface area (Å²) in [5.74, 6) is -0.767. The van der Waals surface area contributed by atoms with E-state index in [1.807, 2.05) is 0 Å². The lowest BCUT2D eigenvalue weighted by Gasteiger charge is -2.27. The summed E-state index contributed by atoms with van der Waals surface area (Å²) in [7, 11) is 0. The van der Waals surface area contributed by atoms with Crippen molar-refractivity contribution in [1.29, 1.82) is 0 Å². The summed E-state index contributed by atoms with van der Waals surface area (Å²) in [6.45, 7) is 6.26. The van der Waals surface area contributed by atoms with E-state index in [-0.39, 0.29) is 18.2 Å². The van der Waals surface area contributed by atoms with Crippen molar-refractivity contribution in [3.63, 3.8) is 0 Å². The van der Waals surface area contributed by atoms with Gasteiger partial charge in [-0.05, 0) is 19.1 Å². The molecule has 1 atom stereocenters. The molecule has 1 amide bonds. The molecule has 1 aliphatic heterocycles. The predicted molar refractivity (Wildman–Crippen MR) is 91.1 cm³/mol. The van der Waals surface area contributed by atoms with Crippen LogP contribution in [0.5, 0.6) is 5.75 Å². The fourth-order valence-electron chi connectivity index (χ4n) is 2.46. The Labute approximate surface area is 151 Å². The minimum absolute atomic E-state index is 0. The Kier molecular flexibility index (Phi) is 8.47. The van der Waals surface area contributed by atoms with Gasteiger partial charge in [0, 0.05) is 39.3 Å². The van der Waals surface area contributed by atoms with Crippen LogP contribution in [0.2, 0.25) is 0 Å². The normalized spacial score (nSPS) is 16.6. The number of halogens is 4. The van der Waals surface area contributed by atoms with Crippen molar-refractivity contribution in [2.45, 2.75) is 19.2 Å². The quantitative estimate of drug-likeness (QED) is 0.790. The van der Waals surface area contributed by atoms with Gasteiger partial charge in [-0.3, -0.25) is 9.69 Å². The number of nitrogens with zero attached hydrogens (tertiary/aromatic N) is 1. The maximum Gasteiger partial charge on any atom is 0.419 e. The predicted octanol–water partition coefficient (Wildman–Crippen LogP) is 1.92. The SMILES string of the molecule is CC(Oc1ccccc1C(F)(F)F)C(=O)NCCN1CCNCC1.Cl. The van der Waals surface area contributed by atoms with E-state index in [9.17, 15) is 18.0 Å². The molecule has 2 N–H and O–H groups in total. The van der Waals surface area contributed by atoms with Crippen molar-refractivity contribution in [1.82, 2.24) is 15.5 Å². The van der Waals surface area contributed by atoms with E-state index < -0.39 is 23.8 Å². The van der Waals surface area contributed by atoms with Gasteiger partial charge in [-0.2, -0.15) is 13.2 Å². The van der Waals surface area contributed by atoms with E-state index >= 15 is 0 Å². The highest BCUT2D eigenvalue weighted by atomic mass is 35.5. The van der Waals surface area contributed by atoms with E-state index in [4.69, 9.17) is 4.74 Å². The molecular weight excluding hydrogens is 359 g/mol. The number of alkyl halides is 3. The van der Waals surface area contributed by atoms with Crippen LogP contribution in [0, 0.1) is 0 Å². The first-order valence-corrected chi connectivity index (χ1v) is 7.91. The lowest BCUT2D eigenvalue weighted by Crippen LogP contribution is -2.47. The van der Waals surface area contributed by atoms with Gasteiger partial charge in [0.15, 0.2) is 6.10 Å². The molecule has 0 radical (unpaired) electrons. The summed E-state index contributed by atoms with van der Waals surface area (Å²) in [6.07, 6.45) is -5.52. The number of rotatable bonds is 6. The van der Waals surface area contributed by atoms with Gasteiger partial charge >= 0.3 is 6.18 Å². The maximum absolute atomic E-state index is 12.9. The number of carbonyl (C=O) groups is 1. The molecule has 1 heterocycles. The van der Waals surface area contributed by atoms with Crippen LogP contribution < -0.4 is 15.4 Å². The van der Waals surface area contributed by atoms with Gasteiger partial charge in [0.1, 0.15) is 5.75 Å². The Hall–Kier alpha value is -1.51. The summed E-state index contributed by atoms with van der Waals surface area (Å²) >= 11 is 0. The number of nitrogens with one attached hydrogen (secondary N) is 2. The van der Waals surface area contributed by atoms with Crippen molar-refractivity contribution in [2.75, 3.05) is 39.3 Å². The van der Waals surface area contributed by atoms with E-state index in [1.54, 1.807) is 0 Å². The molecule has 0 spiro atoms. The summed E-state index contributed by atoms with van der Waals surface area (Å²) < 4.78 is 44.0. The highest BCUT2D eigenvalue weighted by molar-refractivity contribution is 5.85. The van der Waals surface area contributed by atoms with Crippen molar-refractivity contribution in [3.8, 4) is 5.75 Å². The second-order valence-corrected chi connectivity index (χ2v) is 5.64.